The van der Waals surface area contributed by atoms with Crippen LogP contribution in [0.2, 0.25) is 0 Å². The third-order valence-electron chi connectivity index (χ3n) is 2.55. The summed E-state index contributed by atoms with van der Waals surface area (Å²) < 4.78 is 92.1. The molecule has 1 aromatic carbocycles. The van der Waals surface area contributed by atoms with Gasteiger partial charge < -0.3 is 5.84 Å². The first-order chi connectivity index (χ1) is 8.25. The molecular formula is C9H3F7N2. The number of alkyl halides is 3. The molecule has 2 rings (SSSR count). The molecule has 0 spiro atoms. The second-order valence-electron chi connectivity index (χ2n) is 3.51. The highest BCUT2D eigenvalue weighted by molar-refractivity contribution is 6.09. The second kappa shape index (κ2) is 3.59. The number of nitrogens with two attached hydrogens (primary N) is 1. The molecule has 0 fully saturated rings. The zero-order valence-electron chi connectivity index (χ0n) is 8.25. The lowest BCUT2D eigenvalue weighted by molar-refractivity contribution is -0.0490. The van der Waals surface area contributed by atoms with Gasteiger partial charge in [-0.05, 0) is 0 Å². The van der Waals surface area contributed by atoms with E-state index in [1.54, 1.807) is 0 Å². The van der Waals surface area contributed by atoms with E-state index < -0.39 is 52.2 Å². The van der Waals surface area contributed by atoms with Crippen molar-refractivity contribution in [3.05, 3.63) is 34.4 Å². The summed E-state index contributed by atoms with van der Waals surface area (Å²) in [5, 5.41) is 2.54. The molecule has 98 valence electrons. The summed E-state index contributed by atoms with van der Waals surface area (Å²) in [6.45, 7) is 0. The zero-order valence-corrected chi connectivity index (χ0v) is 8.25. The van der Waals surface area contributed by atoms with Gasteiger partial charge in [0.05, 0.1) is 11.1 Å². The Kier molecular flexibility index (Phi) is 2.53. The molecule has 0 radical (unpaired) electrons. The van der Waals surface area contributed by atoms with Crippen molar-refractivity contribution in [3.8, 4) is 0 Å². The molecule has 9 heteroatoms. The molecule has 18 heavy (non-hydrogen) atoms. The average molecular weight is 272 g/mol. The van der Waals surface area contributed by atoms with E-state index in [9.17, 15) is 30.7 Å². The van der Waals surface area contributed by atoms with Gasteiger partial charge in [0, 0.05) is 0 Å². The molecule has 0 aliphatic heterocycles. The Hall–Kier alpha value is -1.80. The first-order valence-electron chi connectivity index (χ1n) is 4.41. The van der Waals surface area contributed by atoms with Crippen molar-refractivity contribution < 1.29 is 30.7 Å². The van der Waals surface area contributed by atoms with Crippen LogP contribution < -0.4 is 5.84 Å². The largest absolute Gasteiger partial charge is 0.323 e. The Morgan fingerprint density at radius 1 is 0.944 bits per heavy atom. The maximum Gasteiger partial charge on any atom is 0.313 e. The van der Waals surface area contributed by atoms with Gasteiger partial charge in [0.15, 0.2) is 23.3 Å². The molecule has 1 aliphatic rings. The first-order valence-corrected chi connectivity index (χ1v) is 4.41. The van der Waals surface area contributed by atoms with E-state index in [2.05, 4.69) is 10.9 Å². The maximum atomic E-state index is 13.3. The highest BCUT2D eigenvalue weighted by atomic mass is 19.3. The number of nitrogens with zero attached hydrogens (tertiary/aromatic N) is 1. The number of benzene rings is 1. The minimum absolute atomic E-state index is 1.37. The Balaban J connectivity index is 2.96. The summed E-state index contributed by atoms with van der Waals surface area (Å²) in [5.74, 6) is -9.31. The molecule has 0 heterocycles. The van der Waals surface area contributed by atoms with Crippen LogP contribution in [0.15, 0.2) is 5.10 Å². The number of halogens is 7. The van der Waals surface area contributed by atoms with E-state index >= 15 is 0 Å². The molecular weight excluding hydrogens is 269 g/mol. The number of hydrazone groups is 1. The quantitative estimate of drug-likeness (QED) is 0.254. The van der Waals surface area contributed by atoms with Crippen molar-refractivity contribution in [2.45, 2.75) is 12.1 Å². The molecule has 1 aliphatic carbocycles. The topological polar surface area (TPSA) is 38.4 Å². The van der Waals surface area contributed by atoms with Crippen LogP contribution in [0.5, 0.6) is 0 Å². The van der Waals surface area contributed by atoms with Crippen LogP contribution in [0.1, 0.15) is 11.1 Å². The van der Waals surface area contributed by atoms with Crippen LogP contribution in [0.4, 0.5) is 30.7 Å². The molecule has 1 atom stereocenters. The van der Waals surface area contributed by atoms with Gasteiger partial charge in [0.25, 0.3) is 0 Å². The van der Waals surface area contributed by atoms with Gasteiger partial charge in [0.2, 0.25) is 6.17 Å². The van der Waals surface area contributed by atoms with Crippen LogP contribution in [-0.2, 0) is 5.92 Å². The van der Waals surface area contributed by atoms with Gasteiger partial charge in [-0.15, -0.1) is 0 Å². The Morgan fingerprint density at radius 3 is 1.94 bits per heavy atom. The van der Waals surface area contributed by atoms with Crippen molar-refractivity contribution in [2.75, 3.05) is 0 Å². The Bertz CT molecular complexity index is 567. The van der Waals surface area contributed by atoms with Crippen molar-refractivity contribution in [1.82, 2.24) is 0 Å². The summed E-state index contributed by atoms with van der Waals surface area (Å²) in [7, 11) is 0. The van der Waals surface area contributed by atoms with Gasteiger partial charge in [-0.3, -0.25) is 0 Å². The SMILES string of the molecule is NN=C1c2c(F)c(F)c(F)c(F)c2C(F)(F)C1F. The van der Waals surface area contributed by atoms with Gasteiger partial charge >= 0.3 is 5.92 Å². The molecule has 0 amide bonds. The highest BCUT2D eigenvalue weighted by Gasteiger charge is 2.58. The average Bonchev–Trinajstić information content (AvgIpc) is 2.52. The van der Waals surface area contributed by atoms with Crippen LogP contribution in [0.3, 0.4) is 0 Å². The van der Waals surface area contributed by atoms with Gasteiger partial charge in [-0.2, -0.15) is 13.9 Å². The van der Waals surface area contributed by atoms with E-state index in [1.807, 2.05) is 0 Å². The van der Waals surface area contributed by atoms with E-state index in [0.717, 1.165) is 0 Å². The fraction of sp³-hybridized carbons (Fsp3) is 0.222. The Labute approximate surface area is 94.9 Å². The predicted molar refractivity (Wildman–Crippen MR) is 45.8 cm³/mol. The van der Waals surface area contributed by atoms with Crippen molar-refractivity contribution in [3.63, 3.8) is 0 Å². The summed E-state index contributed by atoms with van der Waals surface area (Å²) in [6.07, 6.45) is -3.28. The fourth-order valence-electron chi connectivity index (χ4n) is 1.74. The second-order valence-corrected chi connectivity index (χ2v) is 3.51. The first kappa shape index (κ1) is 12.7. The molecule has 0 saturated heterocycles. The molecule has 2 N–H and O–H groups in total. The third-order valence-corrected chi connectivity index (χ3v) is 2.55. The maximum absolute atomic E-state index is 13.3. The predicted octanol–water partition coefficient (Wildman–Crippen LogP) is 2.35. The van der Waals surface area contributed by atoms with Crippen LogP contribution >= 0.6 is 0 Å². The molecule has 1 unspecified atom stereocenters. The van der Waals surface area contributed by atoms with E-state index in [1.165, 1.54) is 0 Å². The lowest BCUT2D eigenvalue weighted by Crippen LogP contribution is -2.27. The van der Waals surface area contributed by atoms with Gasteiger partial charge in [-0.25, -0.2) is 22.0 Å². The van der Waals surface area contributed by atoms with Crippen molar-refractivity contribution in [2.24, 2.45) is 10.9 Å². The lowest BCUT2D eigenvalue weighted by atomic mass is 10.1. The zero-order chi connectivity index (χ0) is 13.8. The third kappa shape index (κ3) is 1.27. The summed E-state index contributed by atoms with van der Waals surface area (Å²) in [6, 6.07) is 0. The Morgan fingerprint density at radius 2 is 1.44 bits per heavy atom. The monoisotopic (exact) mass is 272 g/mol. The van der Waals surface area contributed by atoms with E-state index in [0.29, 0.717) is 0 Å². The number of hydrogen-bond donors (Lipinski definition) is 1. The van der Waals surface area contributed by atoms with Crippen LogP contribution in [0.25, 0.3) is 0 Å². The fourth-order valence-corrected chi connectivity index (χ4v) is 1.74. The number of hydrogen-bond acceptors (Lipinski definition) is 2. The minimum atomic E-state index is -4.58. The van der Waals surface area contributed by atoms with Gasteiger partial charge in [-0.1, -0.05) is 0 Å². The van der Waals surface area contributed by atoms with Gasteiger partial charge in [0.1, 0.15) is 5.71 Å². The molecule has 1 aromatic rings. The summed E-state index contributed by atoms with van der Waals surface area (Å²) >= 11 is 0. The normalized spacial score (nSPS) is 23.5. The summed E-state index contributed by atoms with van der Waals surface area (Å²) in [4.78, 5) is 0. The molecule has 0 bridgehead atoms. The molecule has 0 saturated carbocycles. The minimum Gasteiger partial charge on any atom is -0.323 e. The molecule has 2 nitrogen and oxygen atoms in total. The summed E-state index contributed by atoms with van der Waals surface area (Å²) in [5.41, 5.74) is -4.77. The standard InChI is InChI=1S/C9H3F7N2/c10-3-1-2(4(11)6(13)5(3)12)9(15,16)8(14)7(1)18-17/h8H,17H2. The van der Waals surface area contributed by atoms with Crippen molar-refractivity contribution in [1.29, 1.82) is 0 Å². The van der Waals surface area contributed by atoms with Crippen molar-refractivity contribution >= 4 is 5.71 Å². The lowest BCUT2D eigenvalue weighted by Gasteiger charge is -2.13. The van der Waals surface area contributed by atoms with E-state index in [-0.39, 0.29) is 0 Å². The van der Waals surface area contributed by atoms with Crippen LogP contribution in [-0.4, -0.2) is 11.9 Å². The smallest absolute Gasteiger partial charge is 0.313 e. The molecule has 0 aromatic heterocycles. The number of rotatable bonds is 0. The number of fused-ring (bicyclic) bond motifs is 1. The van der Waals surface area contributed by atoms with E-state index in [4.69, 9.17) is 0 Å². The van der Waals surface area contributed by atoms with Crippen LogP contribution in [0, 0.1) is 23.3 Å². The highest BCUT2D eigenvalue weighted by Crippen LogP contribution is 2.47.